The largest absolute Gasteiger partial charge is 0.458 e. The summed E-state index contributed by atoms with van der Waals surface area (Å²) >= 11 is 0. The van der Waals surface area contributed by atoms with E-state index in [-0.39, 0.29) is 13.4 Å². The van der Waals surface area contributed by atoms with Crippen molar-refractivity contribution in [3.05, 3.63) is 119 Å². The second kappa shape index (κ2) is 7.40. The molecule has 0 radical (unpaired) electrons. The highest BCUT2D eigenvalue weighted by Gasteiger charge is 2.47. The minimum atomic E-state index is 0.113. The van der Waals surface area contributed by atoms with Crippen molar-refractivity contribution in [2.24, 2.45) is 0 Å². The molecule has 12 rings (SSSR count). The van der Waals surface area contributed by atoms with Gasteiger partial charge in [-0.25, -0.2) is 0 Å². The molecule has 0 saturated carbocycles. The number of hydrogen-bond acceptors (Lipinski definition) is 4. The monoisotopic (exact) mass is 562 g/mol. The van der Waals surface area contributed by atoms with Gasteiger partial charge in [0.2, 0.25) is 0 Å². The molecule has 0 spiro atoms. The van der Waals surface area contributed by atoms with E-state index in [2.05, 4.69) is 97.1 Å². The van der Waals surface area contributed by atoms with Crippen LogP contribution >= 0.6 is 0 Å². The van der Waals surface area contributed by atoms with Crippen molar-refractivity contribution in [3.63, 3.8) is 0 Å². The maximum absolute atomic E-state index is 6.68. The van der Waals surface area contributed by atoms with Crippen LogP contribution in [0.1, 0.15) is 22.3 Å². The minimum absolute atomic E-state index is 0.113. The average molecular weight is 562 g/mol. The van der Waals surface area contributed by atoms with Crippen molar-refractivity contribution in [3.8, 4) is 57.1 Å². The van der Waals surface area contributed by atoms with E-state index in [4.69, 9.17) is 18.9 Å². The summed E-state index contributed by atoms with van der Waals surface area (Å²) in [6.45, 7) is 0.225. The third kappa shape index (κ3) is 2.57. The van der Waals surface area contributed by atoms with E-state index in [0.717, 1.165) is 80.9 Å². The zero-order chi connectivity index (χ0) is 28.3. The smallest absolute Gasteiger partial charge is 0.261 e. The predicted octanol–water partition coefficient (Wildman–Crippen LogP) is 4.62. The van der Waals surface area contributed by atoms with Crippen LogP contribution in [0.3, 0.4) is 0 Å². The molecule has 6 aromatic rings. The lowest BCUT2D eigenvalue weighted by Crippen LogP contribution is -2.61. The zero-order valence-electron chi connectivity index (χ0n) is 23.4. The van der Waals surface area contributed by atoms with E-state index in [1.807, 2.05) is 0 Å². The van der Waals surface area contributed by atoms with Crippen LogP contribution in [0.2, 0.25) is 0 Å². The zero-order valence-corrected chi connectivity index (χ0v) is 23.4. The van der Waals surface area contributed by atoms with Crippen molar-refractivity contribution < 1.29 is 18.9 Å². The van der Waals surface area contributed by atoms with Gasteiger partial charge in [0.25, 0.3) is 13.4 Å². The third-order valence-corrected chi connectivity index (χ3v) is 10.5. The molecule has 0 atom stereocenters. The lowest BCUT2D eigenvalue weighted by molar-refractivity contribution is 0.461. The Bertz CT molecular complexity index is 2060. The van der Waals surface area contributed by atoms with Gasteiger partial charge in [-0.15, -0.1) is 0 Å². The SMILES string of the molecule is c1cc2c3c(c1)Oc1cc(-c4cc5c6c(c4)Oc4cccc7c4B6c4c(cccc4O5)C7)cc4c1B3c1c(cccc1O4)C2. The fourth-order valence-corrected chi connectivity index (χ4v) is 8.83. The molecule has 6 heterocycles. The summed E-state index contributed by atoms with van der Waals surface area (Å²) in [4.78, 5) is 0. The summed E-state index contributed by atoms with van der Waals surface area (Å²) in [5, 5.41) is 0. The van der Waals surface area contributed by atoms with E-state index in [9.17, 15) is 0 Å². The molecule has 6 heteroatoms. The van der Waals surface area contributed by atoms with Gasteiger partial charge in [0.05, 0.1) is 0 Å². The van der Waals surface area contributed by atoms with Gasteiger partial charge in [0.15, 0.2) is 0 Å². The first kappa shape index (κ1) is 22.2. The van der Waals surface area contributed by atoms with E-state index in [0.29, 0.717) is 0 Å². The Morgan fingerprint density at radius 3 is 0.932 bits per heavy atom. The molecule has 6 aliphatic rings. The van der Waals surface area contributed by atoms with E-state index >= 15 is 0 Å². The summed E-state index contributed by atoms with van der Waals surface area (Å²) < 4.78 is 26.7. The number of ether oxygens (including phenoxy) is 4. The molecular formula is C38H20B2O4. The molecule has 0 saturated heterocycles. The highest BCUT2D eigenvalue weighted by Crippen LogP contribution is 2.44. The Balaban J connectivity index is 1.08. The molecule has 6 aliphatic heterocycles. The van der Waals surface area contributed by atoms with Crippen LogP contribution in [0.25, 0.3) is 11.1 Å². The van der Waals surface area contributed by atoms with Gasteiger partial charge in [-0.1, -0.05) is 48.5 Å². The standard InChI is InChI=1S/C38H20B2O4/c1-5-19-13-20-6-2-10-26-34(20)39-33(19)25(9-1)41-29-15-23(16-30(42-26)37(29)39)24-17-31-38-32(18-24)44-28-12-4-8-22-14-21-7-3-11-27(43-31)35(21)40(38)36(22)28/h1-12,15-18H,13-14H2. The van der Waals surface area contributed by atoms with E-state index in [1.165, 1.54) is 44.1 Å². The lowest BCUT2D eigenvalue weighted by atomic mass is 9.31. The van der Waals surface area contributed by atoms with Crippen molar-refractivity contribution in [1.29, 1.82) is 0 Å². The van der Waals surface area contributed by atoms with Crippen molar-refractivity contribution in [2.75, 3.05) is 0 Å². The number of hydrogen-bond donors (Lipinski definition) is 0. The molecule has 0 bridgehead atoms. The van der Waals surface area contributed by atoms with Crippen LogP contribution in [0.4, 0.5) is 0 Å². The Labute approximate surface area is 254 Å². The molecule has 0 aromatic heterocycles. The second-order valence-corrected chi connectivity index (χ2v) is 12.7. The summed E-state index contributed by atoms with van der Waals surface area (Å²) in [6.07, 6.45) is 1.79. The molecule has 6 aromatic carbocycles. The first-order valence-corrected chi connectivity index (χ1v) is 15.3. The van der Waals surface area contributed by atoms with Crippen LogP contribution in [-0.2, 0) is 12.8 Å². The molecule has 4 nitrogen and oxygen atoms in total. The van der Waals surface area contributed by atoms with Gasteiger partial charge in [0, 0.05) is 10.9 Å². The predicted molar refractivity (Wildman–Crippen MR) is 173 cm³/mol. The van der Waals surface area contributed by atoms with Gasteiger partial charge in [-0.05, 0) is 117 Å². The van der Waals surface area contributed by atoms with Crippen LogP contribution in [0.5, 0.6) is 46.0 Å². The maximum Gasteiger partial charge on any atom is 0.261 e. The molecular weight excluding hydrogens is 542 g/mol. The minimum Gasteiger partial charge on any atom is -0.458 e. The maximum atomic E-state index is 6.68. The molecule has 0 amide bonds. The molecule has 0 aliphatic carbocycles. The third-order valence-electron chi connectivity index (χ3n) is 10.5. The Kier molecular flexibility index (Phi) is 3.74. The number of rotatable bonds is 1. The van der Waals surface area contributed by atoms with Crippen LogP contribution in [0.15, 0.2) is 97.1 Å². The van der Waals surface area contributed by atoms with Gasteiger partial charge in [-0.2, -0.15) is 0 Å². The Hall–Kier alpha value is -5.35. The van der Waals surface area contributed by atoms with Crippen LogP contribution in [-0.4, -0.2) is 13.4 Å². The molecule has 0 N–H and O–H groups in total. The summed E-state index contributed by atoms with van der Waals surface area (Å²) in [5.74, 6) is 7.15. The highest BCUT2D eigenvalue weighted by molar-refractivity contribution is 7.00. The summed E-state index contributed by atoms with van der Waals surface area (Å²) in [5.41, 5.74) is 14.7. The molecule has 0 unspecified atom stereocenters. The first-order valence-electron chi connectivity index (χ1n) is 15.3. The van der Waals surface area contributed by atoms with E-state index < -0.39 is 0 Å². The van der Waals surface area contributed by atoms with Gasteiger partial charge in [0.1, 0.15) is 46.0 Å². The first-order chi connectivity index (χ1) is 21.8. The van der Waals surface area contributed by atoms with Crippen LogP contribution in [0, 0.1) is 0 Å². The molecule has 202 valence electrons. The normalized spacial score (nSPS) is 15.3. The van der Waals surface area contributed by atoms with Crippen LogP contribution < -0.4 is 51.7 Å². The van der Waals surface area contributed by atoms with E-state index in [1.54, 1.807) is 0 Å². The quantitative estimate of drug-likeness (QED) is 0.274. The molecule has 44 heavy (non-hydrogen) atoms. The van der Waals surface area contributed by atoms with Gasteiger partial charge < -0.3 is 18.9 Å². The molecule has 0 fully saturated rings. The fraction of sp³-hybridized carbons (Fsp3) is 0.0526. The Morgan fingerprint density at radius 1 is 0.341 bits per heavy atom. The topological polar surface area (TPSA) is 36.9 Å². The number of benzene rings is 6. The van der Waals surface area contributed by atoms with Crippen molar-refractivity contribution >= 4 is 46.2 Å². The fourth-order valence-electron chi connectivity index (χ4n) is 8.83. The lowest BCUT2D eigenvalue weighted by Gasteiger charge is -2.38. The Morgan fingerprint density at radius 2 is 0.636 bits per heavy atom. The van der Waals surface area contributed by atoms with Crippen molar-refractivity contribution in [2.45, 2.75) is 12.8 Å². The highest BCUT2D eigenvalue weighted by atomic mass is 16.5. The summed E-state index contributed by atoms with van der Waals surface area (Å²) in [7, 11) is 0. The summed E-state index contributed by atoms with van der Waals surface area (Å²) in [6, 6.07) is 34.4. The van der Waals surface area contributed by atoms with Gasteiger partial charge in [-0.3, -0.25) is 0 Å². The van der Waals surface area contributed by atoms with Gasteiger partial charge >= 0.3 is 0 Å². The second-order valence-electron chi connectivity index (χ2n) is 12.7. The van der Waals surface area contributed by atoms with Crippen molar-refractivity contribution in [1.82, 2.24) is 0 Å². The average Bonchev–Trinajstić information content (AvgIpc) is 3.04.